The topological polar surface area (TPSA) is 105 Å². The predicted molar refractivity (Wildman–Crippen MR) is 112 cm³/mol. The van der Waals surface area contributed by atoms with Gasteiger partial charge >= 0.3 is 5.97 Å². The van der Waals surface area contributed by atoms with E-state index in [9.17, 15) is 19.2 Å². The van der Waals surface area contributed by atoms with Gasteiger partial charge in [0.2, 0.25) is 0 Å². The number of aromatic amines is 1. The van der Waals surface area contributed by atoms with Crippen LogP contribution in [0.15, 0.2) is 35.1 Å². The van der Waals surface area contributed by atoms with E-state index in [0.29, 0.717) is 29.7 Å². The molecule has 30 heavy (non-hydrogen) atoms. The number of aromatic nitrogens is 1. The predicted octanol–water partition coefficient (Wildman–Crippen LogP) is 2.87. The Balaban J connectivity index is 1.91. The number of ether oxygens (including phenoxy) is 1. The van der Waals surface area contributed by atoms with E-state index in [1.807, 2.05) is 45.0 Å². The summed E-state index contributed by atoms with van der Waals surface area (Å²) in [5.74, 6) is -1.24. The maximum absolute atomic E-state index is 12.9. The number of carbonyl (C=O) groups is 3. The molecule has 0 saturated carbocycles. The first-order valence-corrected chi connectivity index (χ1v) is 9.83. The number of aryl methyl sites for hydroxylation is 1. The number of hydrogen-bond donors (Lipinski definition) is 2. The Labute approximate surface area is 174 Å². The van der Waals surface area contributed by atoms with E-state index in [1.54, 1.807) is 0 Å². The first-order valence-electron chi connectivity index (χ1n) is 9.83. The number of hydrogen-bond acceptors (Lipinski definition) is 5. The lowest BCUT2D eigenvalue weighted by Gasteiger charge is -2.29. The lowest BCUT2D eigenvalue weighted by atomic mass is 9.75. The van der Waals surface area contributed by atoms with Crippen molar-refractivity contribution in [2.75, 3.05) is 7.11 Å². The van der Waals surface area contributed by atoms with Crippen LogP contribution in [0.5, 0.6) is 0 Å². The molecule has 7 nitrogen and oxygen atoms in total. The number of rotatable bonds is 5. The molecule has 2 aromatic rings. The fraction of sp³-hybridized carbons (Fsp3) is 0.391. The van der Waals surface area contributed by atoms with E-state index in [4.69, 9.17) is 4.74 Å². The molecule has 7 heteroatoms. The quantitative estimate of drug-likeness (QED) is 0.738. The lowest BCUT2D eigenvalue weighted by molar-refractivity contribution is -0.141. The summed E-state index contributed by atoms with van der Waals surface area (Å²) in [5, 5.41) is 2.74. The zero-order valence-corrected chi connectivity index (χ0v) is 17.6. The molecule has 0 spiro atoms. The van der Waals surface area contributed by atoms with Crippen molar-refractivity contribution in [3.05, 3.63) is 68.6 Å². The Morgan fingerprint density at radius 3 is 2.47 bits per heavy atom. The first kappa shape index (κ1) is 21.5. The van der Waals surface area contributed by atoms with Gasteiger partial charge in [-0.1, -0.05) is 43.7 Å². The van der Waals surface area contributed by atoms with Gasteiger partial charge in [0.15, 0.2) is 5.78 Å². The number of H-pyrrole nitrogens is 1. The van der Waals surface area contributed by atoms with Gasteiger partial charge in [-0.3, -0.25) is 19.2 Å². The molecule has 1 atom stereocenters. The summed E-state index contributed by atoms with van der Waals surface area (Å²) in [7, 11) is 1.28. The largest absolute Gasteiger partial charge is 0.469 e. The number of ketones is 1. The molecule has 1 unspecified atom stereocenters. The van der Waals surface area contributed by atoms with Crippen molar-refractivity contribution in [2.45, 2.75) is 46.1 Å². The summed E-state index contributed by atoms with van der Waals surface area (Å²) >= 11 is 0. The third-order valence-electron chi connectivity index (χ3n) is 5.35. The fourth-order valence-electron chi connectivity index (χ4n) is 3.73. The molecule has 1 aliphatic rings. The van der Waals surface area contributed by atoms with Crippen molar-refractivity contribution in [1.82, 2.24) is 10.3 Å². The number of pyridine rings is 1. The van der Waals surface area contributed by atoms with Crippen LogP contribution in [0, 0.1) is 12.3 Å². The van der Waals surface area contributed by atoms with Crippen LogP contribution < -0.4 is 10.9 Å². The molecule has 1 aromatic carbocycles. The molecule has 1 aliphatic carbocycles. The molecule has 0 bridgehead atoms. The number of fused-ring (bicyclic) bond motifs is 1. The Morgan fingerprint density at radius 1 is 1.17 bits per heavy atom. The molecular formula is C23H26N2O5. The average molecular weight is 410 g/mol. The Bertz CT molecular complexity index is 1050. The zero-order chi connectivity index (χ0) is 22.1. The number of amides is 1. The molecule has 0 fully saturated rings. The fourth-order valence-corrected chi connectivity index (χ4v) is 3.73. The standard InChI is InChI=1S/C23H26N2O5/c1-13-5-7-14(8-6-13)17(10-20(27)30-4)24-21(28)16-9-15-18(25-22(16)29)11-23(2,3)12-19(15)26/h5-9,17H,10-12H2,1-4H3,(H,24,28)(H,25,29). The Hall–Kier alpha value is -3.22. The van der Waals surface area contributed by atoms with Crippen LogP contribution in [0.1, 0.15) is 70.3 Å². The molecular weight excluding hydrogens is 384 g/mol. The van der Waals surface area contributed by atoms with E-state index in [-0.39, 0.29) is 23.2 Å². The Morgan fingerprint density at radius 2 is 1.83 bits per heavy atom. The van der Waals surface area contributed by atoms with Crippen molar-refractivity contribution in [3.63, 3.8) is 0 Å². The van der Waals surface area contributed by atoms with E-state index >= 15 is 0 Å². The molecule has 1 heterocycles. The number of benzene rings is 1. The van der Waals surface area contributed by atoms with Crippen LogP contribution in [-0.2, 0) is 16.0 Å². The van der Waals surface area contributed by atoms with Gasteiger partial charge < -0.3 is 15.0 Å². The second-order valence-electron chi connectivity index (χ2n) is 8.56. The van der Waals surface area contributed by atoms with Crippen LogP contribution >= 0.6 is 0 Å². The van der Waals surface area contributed by atoms with Gasteiger partial charge in [-0.2, -0.15) is 0 Å². The summed E-state index contributed by atoms with van der Waals surface area (Å²) in [6.07, 6.45) is 0.822. The molecule has 0 saturated heterocycles. The second-order valence-corrected chi connectivity index (χ2v) is 8.56. The van der Waals surface area contributed by atoms with E-state index in [1.165, 1.54) is 13.2 Å². The number of nitrogens with one attached hydrogen (secondary N) is 2. The minimum Gasteiger partial charge on any atom is -0.469 e. The molecule has 2 N–H and O–H groups in total. The first-order chi connectivity index (χ1) is 14.1. The van der Waals surface area contributed by atoms with Crippen LogP contribution in [-0.4, -0.2) is 29.8 Å². The van der Waals surface area contributed by atoms with Gasteiger partial charge in [-0.25, -0.2) is 0 Å². The van der Waals surface area contributed by atoms with Gasteiger partial charge in [0.05, 0.1) is 19.6 Å². The van der Waals surface area contributed by atoms with Gasteiger partial charge in [0, 0.05) is 17.7 Å². The molecule has 0 aliphatic heterocycles. The van der Waals surface area contributed by atoms with Crippen molar-refractivity contribution < 1.29 is 19.1 Å². The van der Waals surface area contributed by atoms with Gasteiger partial charge in [-0.15, -0.1) is 0 Å². The van der Waals surface area contributed by atoms with Crippen molar-refractivity contribution in [1.29, 1.82) is 0 Å². The third kappa shape index (κ3) is 4.67. The molecule has 1 amide bonds. The maximum Gasteiger partial charge on any atom is 0.307 e. The molecule has 0 radical (unpaired) electrons. The average Bonchev–Trinajstić information content (AvgIpc) is 2.66. The second kappa shape index (κ2) is 8.26. The number of Topliss-reactive ketones (excluding diaryl/α,β-unsaturated/α-hetero) is 1. The minimum atomic E-state index is -0.671. The Kier molecular flexibility index (Phi) is 5.92. The number of esters is 1. The van der Waals surface area contributed by atoms with Gasteiger partial charge in [-0.05, 0) is 30.4 Å². The highest BCUT2D eigenvalue weighted by atomic mass is 16.5. The van der Waals surface area contributed by atoms with Crippen LogP contribution in [0.4, 0.5) is 0 Å². The summed E-state index contributed by atoms with van der Waals surface area (Å²) in [4.78, 5) is 52.6. The normalized spacial score (nSPS) is 15.8. The minimum absolute atomic E-state index is 0.0821. The van der Waals surface area contributed by atoms with Crippen molar-refractivity contribution >= 4 is 17.7 Å². The SMILES string of the molecule is COC(=O)CC(NC(=O)c1cc2c([nH]c1=O)CC(C)(C)CC2=O)c1ccc(C)cc1. The molecule has 3 rings (SSSR count). The van der Waals surface area contributed by atoms with Crippen molar-refractivity contribution in [2.24, 2.45) is 5.41 Å². The smallest absolute Gasteiger partial charge is 0.307 e. The summed E-state index contributed by atoms with van der Waals surface area (Å²) in [5.41, 5.74) is 1.73. The van der Waals surface area contributed by atoms with E-state index in [0.717, 1.165) is 5.56 Å². The van der Waals surface area contributed by atoms with Crippen LogP contribution in [0.3, 0.4) is 0 Å². The number of methoxy groups -OCH3 is 1. The van der Waals surface area contributed by atoms with Crippen LogP contribution in [0.2, 0.25) is 0 Å². The van der Waals surface area contributed by atoms with Crippen molar-refractivity contribution in [3.8, 4) is 0 Å². The monoisotopic (exact) mass is 410 g/mol. The lowest BCUT2D eigenvalue weighted by Crippen LogP contribution is -2.36. The molecule has 1 aromatic heterocycles. The van der Waals surface area contributed by atoms with Gasteiger partial charge in [0.1, 0.15) is 5.56 Å². The molecule has 158 valence electrons. The van der Waals surface area contributed by atoms with E-state index < -0.39 is 23.5 Å². The maximum atomic E-state index is 12.9. The summed E-state index contributed by atoms with van der Waals surface area (Å²) in [6, 6.07) is 8.06. The third-order valence-corrected chi connectivity index (χ3v) is 5.35. The number of carbonyl (C=O) groups excluding carboxylic acids is 3. The van der Waals surface area contributed by atoms with Crippen LogP contribution in [0.25, 0.3) is 0 Å². The van der Waals surface area contributed by atoms with E-state index in [2.05, 4.69) is 10.3 Å². The highest BCUT2D eigenvalue weighted by Gasteiger charge is 2.33. The highest BCUT2D eigenvalue weighted by molar-refractivity contribution is 6.02. The van der Waals surface area contributed by atoms with Gasteiger partial charge in [0.25, 0.3) is 11.5 Å². The summed E-state index contributed by atoms with van der Waals surface area (Å²) < 4.78 is 4.74. The highest BCUT2D eigenvalue weighted by Crippen LogP contribution is 2.33. The summed E-state index contributed by atoms with van der Waals surface area (Å²) in [6.45, 7) is 5.86. The zero-order valence-electron chi connectivity index (χ0n) is 17.6.